The second kappa shape index (κ2) is 5.57. The van der Waals surface area contributed by atoms with Crippen LogP contribution in [0.25, 0.3) is 0 Å². The van der Waals surface area contributed by atoms with E-state index in [2.05, 4.69) is 14.9 Å². The monoisotopic (exact) mass is 248 g/mol. The number of aromatic nitrogens is 2. The minimum atomic E-state index is -0.237. The third kappa shape index (κ3) is 3.03. The number of aldehydes is 1. The van der Waals surface area contributed by atoms with Gasteiger partial charge in [0.05, 0.1) is 0 Å². The molecule has 6 nitrogen and oxygen atoms in total. The number of rotatable bonds is 4. The van der Waals surface area contributed by atoms with Crippen molar-refractivity contribution < 1.29 is 9.59 Å². The maximum absolute atomic E-state index is 10.9. The summed E-state index contributed by atoms with van der Waals surface area (Å²) in [6.45, 7) is 1.65. The van der Waals surface area contributed by atoms with Crippen molar-refractivity contribution in [1.82, 2.24) is 9.97 Å². The van der Waals surface area contributed by atoms with Gasteiger partial charge < -0.3 is 10.6 Å². The molecule has 2 heterocycles. The summed E-state index contributed by atoms with van der Waals surface area (Å²) in [6.07, 6.45) is 4.41. The second-order valence-corrected chi connectivity index (χ2v) is 4.52. The first-order valence-electron chi connectivity index (χ1n) is 5.99. The van der Waals surface area contributed by atoms with E-state index in [4.69, 9.17) is 5.73 Å². The zero-order chi connectivity index (χ0) is 13.0. The molecule has 0 atom stereocenters. The summed E-state index contributed by atoms with van der Waals surface area (Å²) in [5.41, 5.74) is 5.58. The Hall–Kier alpha value is -1.98. The van der Waals surface area contributed by atoms with Crippen LogP contribution in [0.3, 0.4) is 0 Å². The van der Waals surface area contributed by atoms with Gasteiger partial charge in [-0.05, 0) is 18.8 Å². The van der Waals surface area contributed by atoms with Crippen LogP contribution in [-0.4, -0.2) is 35.3 Å². The third-order valence-electron chi connectivity index (χ3n) is 3.22. The summed E-state index contributed by atoms with van der Waals surface area (Å²) < 4.78 is 0. The largest absolute Gasteiger partial charge is 0.370 e. The summed E-state index contributed by atoms with van der Waals surface area (Å²) in [7, 11) is 0. The molecule has 1 aromatic heterocycles. The van der Waals surface area contributed by atoms with E-state index in [0.29, 0.717) is 24.3 Å². The summed E-state index contributed by atoms with van der Waals surface area (Å²) in [5.74, 6) is 0.898. The van der Waals surface area contributed by atoms with Crippen molar-refractivity contribution in [3.8, 4) is 0 Å². The second-order valence-electron chi connectivity index (χ2n) is 4.52. The Morgan fingerprint density at radius 3 is 2.78 bits per heavy atom. The van der Waals surface area contributed by atoms with Crippen LogP contribution in [0.2, 0.25) is 0 Å². The van der Waals surface area contributed by atoms with Gasteiger partial charge in [0.2, 0.25) is 5.91 Å². The molecular formula is C12H16N4O2. The molecule has 1 amide bonds. The van der Waals surface area contributed by atoms with Gasteiger partial charge in [-0.3, -0.25) is 9.59 Å². The Morgan fingerprint density at radius 1 is 1.44 bits per heavy atom. The molecule has 2 rings (SSSR count). The molecule has 1 saturated heterocycles. The summed E-state index contributed by atoms with van der Waals surface area (Å²) >= 11 is 0. The number of carbonyl (C=O) groups is 2. The van der Waals surface area contributed by atoms with Gasteiger partial charge in [0.1, 0.15) is 17.8 Å². The highest BCUT2D eigenvalue weighted by molar-refractivity contribution is 5.74. The van der Waals surface area contributed by atoms with Crippen LogP contribution < -0.4 is 10.6 Å². The highest BCUT2D eigenvalue weighted by Gasteiger charge is 2.21. The van der Waals surface area contributed by atoms with Crippen molar-refractivity contribution in [2.45, 2.75) is 19.3 Å². The maximum Gasteiger partial charge on any atom is 0.217 e. The van der Waals surface area contributed by atoms with Gasteiger partial charge in [-0.25, -0.2) is 9.97 Å². The summed E-state index contributed by atoms with van der Waals surface area (Å²) in [5, 5.41) is 0. The molecule has 0 saturated carbocycles. The van der Waals surface area contributed by atoms with Gasteiger partial charge in [-0.15, -0.1) is 0 Å². The van der Waals surface area contributed by atoms with Crippen LogP contribution in [0, 0.1) is 5.92 Å². The van der Waals surface area contributed by atoms with Crippen LogP contribution in [0.4, 0.5) is 5.82 Å². The molecule has 2 N–H and O–H groups in total. The number of anilines is 1. The van der Waals surface area contributed by atoms with Crippen LogP contribution in [0.1, 0.15) is 29.8 Å². The lowest BCUT2D eigenvalue weighted by atomic mass is 9.93. The molecule has 0 bridgehead atoms. The van der Waals surface area contributed by atoms with Crippen molar-refractivity contribution in [1.29, 1.82) is 0 Å². The highest BCUT2D eigenvalue weighted by Crippen LogP contribution is 2.23. The van der Waals surface area contributed by atoms with E-state index in [1.165, 1.54) is 6.33 Å². The number of nitrogens with zero attached hydrogens (tertiary/aromatic N) is 3. The molecule has 6 heteroatoms. The van der Waals surface area contributed by atoms with E-state index >= 15 is 0 Å². The average molecular weight is 248 g/mol. The summed E-state index contributed by atoms with van der Waals surface area (Å²) in [6, 6.07) is 1.68. The first kappa shape index (κ1) is 12.5. The summed E-state index contributed by atoms with van der Waals surface area (Å²) in [4.78, 5) is 31.6. The van der Waals surface area contributed by atoms with Crippen molar-refractivity contribution >= 4 is 18.0 Å². The predicted octanol–water partition coefficient (Wildman–Crippen LogP) is 0.381. The number of hydrogen-bond acceptors (Lipinski definition) is 5. The zero-order valence-electron chi connectivity index (χ0n) is 10.1. The van der Waals surface area contributed by atoms with Crippen molar-refractivity contribution in [3.05, 3.63) is 18.1 Å². The quantitative estimate of drug-likeness (QED) is 0.778. The molecule has 1 aliphatic rings. The van der Waals surface area contributed by atoms with E-state index < -0.39 is 0 Å². The highest BCUT2D eigenvalue weighted by atomic mass is 16.1. The van der Waals surface area contributed by atoms with E-state index in [0.717, 1.165) is 31.7 Å². The van der Waals surface area contributed by atoms with Crippen LogP contribution in [-0.2, 0) is 4.79 Å². The van der Waals surface area contributed by atoms with Gasteiger partial charge in [0.25, 0.3) is 0 Å². The number of primary amides is 1. The Morgan fingerprint density at radius 2 is 2.17 bits per heavy atom. The first-order valence-corrected chi connectivity index (χ1v) is 5.99. The number of nitrogens with two attached hydrogens (primary N) is 1. The Bertz CT molecular complexity index is 441. The fraction of sp³-hybridized carbons (Fsp3) is 0.500. The molecule has 1 fully saturated rings. The first-order chi connectivity index (χ1) is 8.69. The fourth-order valence-corrected chi connectivity index (χ4v) is 2.25. The Kier molecular flexibility index (Phi) is 3.86. The van der Waals surface area contributed by atoms with Gasteiger partial charge in [-0.2, -0.15) is 0 Å². The molecule has 1 aliphatic heterocycles. The lowest BCUT2D eigenvalue weighted by molar-refractivity contribution is -0.119. The van der Waals surface area contributed by atoms with E-state index in [-0.39, 0.29) is 5.91 Å². The van der Waals surface area contributed by atoms with Crippen molar-refractivity contribution in [2.24, 2.45) is 11.7 Å². The minimum Gasteiger partial charge on any atom is -0.370 e. The Balaban J connectivity index is 1.96. The van der Waals surface area contributed by atoms with Crippen LogP contribution >= 0.6 is 0 Å². The van der Waals surface area contributed by atoms with Gasteiger partial charge in [-0.1, -0.05) is 0 Å². The SMILES string of the molecule is NC(=O)CC1CCN(c2cc(C=O)ncn2)CC1. The number of piperidine rings is 1. The van der Waals surface area contributed by atoms with Crippen molar-refractivity contribution in [3.63, 3.8) is 0 Å². The van der Waals surface area contributed by atoms with Gasteiger partial charge in [0.15, 0.2) is 6.29 Å². The predicted molar refractivity (Wildman–Crippen MR) is 66.2 cm³/mol. The molecule has 96 valence electrons. The average Bonchev–Trinajstić information content (AvgIpc) is 2.39. The number of hydrogen-bond donors (Lipinski definition) is 1. The molecular weight excluding hydrogens is 232 g/mol. The van der Waals surface area contributed by atoms with Gasteiger partial charge in [0, 0.05) is 25.6 Å². The maximum atomic E-state index is 10.9. The fourth-order valence-electron chi connectivity index (χ4n) is 2.25. The van der Waals surface area contributed by atoms with E-state index in [9.17, 15) is 9.59 Å². The zero-order valence-corrected chi connectivity index (χ0v) is 10.1. The topological polar surface area (TPSA) is 89.2 Å². The molecule has 0 radical (unpaired) electrons. The normalized spacial score (nSPS) is 16.6. The van der Waals surface area contributed by atoms with E-state index in [1.54, 1.807) is 6.07 Å². The van der Waals surface area contributed by atoms with Crippen LogP contribution in [0.5, 0.6) is 0 Å². The van der Waals surface area contributed by atoms with Crippen LogP contribution in [0.15, 0.2) is 12.4 Å². The molecule has 0 unspecified atom stereocenters. The molecule has 18 heavy (non-hydrogen) atoms. The smallest absolute Gasteiger partial charge is 0.217 e. The number of carbonyl (C=O) groups excluding carboxylic acids is 2. The Labute approximate surface area is 105 Å². The van der Waals surface area contributed by atoms with Gasteiger partial charge >= 0.3 is 0 Å². The molecule has 0 spiro atoms. The number of amides is 1. The minimum absolute atomic E-state index is 0.237. The molecule has 0 aliphatic carbocycles. The molecule has 1 aromatic rings. The lowest BCUT2D eigenvalue weighted by Crippen LogP contribution is -2.35. The molecule has 0 aromatic carbocycles. The lowest BCUT2D eigenvalue weighted by Gasteiger charge is -2.32. The standard InChI is InChI=1S/C12H16N4O2/c13-11(18)5-9-1-3-16(4-2-9)12-6-10(7-17)14-8-15-12/h6-9H,1-5H2,(H2,13,18). The van der Waals surface area contributed by atoms with Crippen molar-refractivity contribution in [2.75, 3.05) is 18.0 Å². The third-order valence-corrected chi connectivity index (χ3v) is 3.22. The van der Waals surface area contributed by atoms with E-state index in [1.807, 2.05) is 0 Å².